The minimum absolute atomic E-state index is 0.517. The molecule has 0 aliphatic rings. The van der Waals surface area contributed by atoms with Crippen LogP contribution in [0, 0.1) is 11.5 Å². The normalized spacial score (nSPS) is 9.00. The fourth-order valence-corrected chi connectivity index (χ4v) is 0.527. The summed E-state index contributed by atoms with van der Waals surface area (Å²) in [7, 11) is 0. The molecule has 1 aromatic carbocycles. The Balaban J connectivity index is 2.85. The van der Waals surface area contributed by atoms with Gasteiger partial charge in [-0.15, -0.1) is 0 Å². The van der Waals surface area contributed by atoms with Crippen molar-refractivity contribution in [2.45, 2.75) is 0 Å². The van der Waals surface area contributed by atoms with E-state index in [4.69, 9.17) is 10.4 Å². The molecule has 0 amide bonds. The van der Waals surface area contributed by atoms with Crippen molar-refractivity contribution in [2.75, 3.05) is 0 Å². The van der Waals surface area contributed by atoms with E-state index < -0.39 is 22.4 Å². The average molecular weight is 154 g/mol. The van der Waals surface area contributed by atoms with Crippen LogP contribution in [0.1, 0.15) is 0 Å². The van der Waals surface area contributed by atoms with Gasteiger partial charge in [-0.25, -0.2) is 0 Å². The van der Waals surface area contributed by atoms with Gasteiger partial charge in [-0.2, -0.15) is 10.7 Å². The van der Waals surface area contributed by atoms with Gasteiger partial charge in [0, 0.05) is 0 Å². The standard InChI is InChI=1S/C5H2N2O4/c6-1-7-11-5-3(9)2(8)4(5)10/h7,9H. The quantitative estimate of drug-likeness (QED) is 0.229. The first kappa shape index (κ1) is 7.08. The average Bonchev–Trinajstić information content (AvgIpc) is 2.04. The second kappa shape index (κ2) is 2.30. The first-order valence-corrected chi connectivity index (χ1v) is 2.51. The number of nitrogens with zero attached hydrogens (tertiary/aromatic N) is 1. The summed E-state index contributed by atoms with van der Waals surface area (Å²) in [6.07, 6.45) is 1.34. The van der Waals surface area contributed by atoms with E-state index in [9.17, 15) is 9.59 Å². The maximum absolute atomic E-state index is 10.4. The van der Waals surface area contributed by atoms with Crippen LogP contribution in [-0.2, 0) is 0 Å². The molecular weight excluding hydrogens is 152 g/mol. The van der Waals surface area contributed by atoms with Crippen LogP contribution in [0.5, 0.6) is 11.5 Å². The molecule has 0 heterocycles. The van der Waals surface area contributed by atoms with Gasteiger partial charge in [-0.1, -0.05) is 0 Å². The van der Waals surface area contributed by atoms with E-state index in [1.54, 1.807) is 5.48 Å². The van der Waals surface area contributed by atoms with Gasteiger partial charge in [0.2, 0.25) is 11.9 Å². The summed E-state index contributed by atoms with van der Waals surface area (Å²) in [6.45, 7) is 0. The molecule has 0 atom stereocenters. The molecule has 6 nitrogen and oxygen atoms in total. The highest BCUT2D eigenvalue weighted by Crippen LogP contribution is 2.15. The molecule has 2 N–H and O–H groups in total. The van der Waals surface area contributed by atoms with Crippen LogP contribution >= 0.6 is 0 Å². The Labute approximate surface area is 59.9 Å². The summed E-state index contributed by atoms with van der Waals surface area (Å²) in [6, 6.07) is 0. The number of hydrogen-bond acceptors (Lipinski definition) is 6. The summed E-state index contributed by atoms with van der Waals surface area (Å²) in [4.78, 5) is 24.9. The van der Waals surface area contributed by atoms with Crippen molar-refractivity contribution in [3.63, 3.8) is 0 Å². The molecule has 0 radical (unpaired) electrons. The Morgan fingerprint density at radius 1 is 1.45 bits per heavy atom. The predicted molar refractivity (Wildman–Crippen MR) is 32.4 cm³/mol. The summed E-state index contributed by atoms with van der Waals surface area (Å²) >= 11 is 0. The lowest BCUT2D eigenvalue weighted by atomic mass is 10.2. The van der Waals surface area contributed by atoms with Crippen LogP contribution in [0.15, 0.2) is 9.59 Å². The fourth-order valence-electron chi connectivity index (χ4n) is 0.527. The van der Waals surface area contributed by atoms with E-state index in [2.05, 4.69) is 4.84 Å². The van der Waals surface area contributed by atoms with Crippen molar-refractivity contribution >= 4 is 0 Å². The SMILES string of the molecule is N#CNOc1c(O)c(=O)c1=O. The van der Waals surface area contributed by atoms with Crippen LogP contribution < -0.4 is 21.2 Å². The maximum atomic E-state index is 10.4. The minimum atomic E-state index is -1.00. The van der Waals surface area contributed by atoms with Gasteiger partial charge in [0.05, 0.1) is 0 Å². The van der Waals surface area contributed by atoms with E-state index in [-0.39, 0.29) is 0 Å². The summed E-state index contributed by atoms with van der Waals surface area (Å²) in [5, 5.41) is 16.5. The third kappa shape index (κ3) is 0.880. The molecule has 0 fully saturated rings. The van der Waals surface area contributed by atoms with Gasteiger partial charge in [0.15, 0.2) is 0 Å². The summed E-state index contributed by atoms with van der Waals surface area (Å²) < 4.78 is 0. The van der Waals surface area contributed by atoms with Crippen LogP contribution in [0.3, 0.4) is 0 Å². The topological polar surface area (TPSA) is 99.4 Å². The van der Waals surface area contributed by atoms with E-state index in [0.29, 0.717) is 0 Å². The van der Waals surface area contributed by atoms with E-state index in [1.807, 2.05) is 0 Å². The molecule has 0 saturated heterocycles. The Morgan fingerprint density at radius 3 is 2.55 bits per heavy atom. The summed E-state index contributed by atoms with van der Waals surface area (Å²) in [5.41, 5.74) is -0.294. The van der Waals surface area contributed by atoms with E-state index in [1.165, 1.54) is 6.19 Å². The lowest BCUT2D eigenvalue weighted by molar-refractivity contribution is 0.230. The molecule has 0 bridgehead atoms. The molecule has 6 heteroatoms. The second-order valence-corrected chi connectivity index (χ2v) is 1.65. The molecule has 11 heavy (non-hydrogen) atoms. The molecule has 1 aromatic rings. The monoisotopic (exact) mass is 154 g/mol. The van der Waals surface area contributed by atoms with Gasteiger partial charge < -0.3 is 9.94 Å². The highest BCUT2D eigenvalue weighted by Gasteiger charge is 2.22. The molecular formula is C5H2N2O4. The number of hydroxylamine groups is 1. The number of nitriles is 1. The minimum Gasteiger partial charge on any atom is -0.501 e. The van der Waals surface area contributed by atoms with Crippen molar-refractivity contribution in [3.8, 4) is 17.7 Å². The predicted octanol–water partition coefficient (Wildman–Crippen LogP) is -1.65. The third-order valence-electron chi connectivity index (χ3n) is 1.04. The number of hydrogen-bond donors (Lipinski definition) is 2. The lowest BCUT2D eigenvalue weighted by Crippen LogP contribution is -2.33. The van der Waals surface area contributed by atoms with Crippen LogP contribution in [0.2, 0.25) is 0 Å². The molecule has 1 rings (SSSR count). The molecule has 56 valence electrons. The van der Waals surface area contributed by atoms with Gasteiger partial charge in [-0.3, -0.25) is 9.59 Å². The molecule has 0 aliphatic heterocycles. The number of rotatable bonds is 2. The Morgan fingerprint density at radius 2 is 2.09 bits per heavy atom. The highest BCUT2D eigenvalue weighted by molar-refractivity contribution is 5.44. The zero-order chi connectivity index (χ0) is 8.43. The van der Waals surface area contributed by atoms with E-state index in [0.717, 1.165) is 0 Å². The lowest BCUT2D eigenvalue weighted by Gasteiger charge is -2.02. The van der Waals surface area contributed by atoms with Crippen molar-refractivity contribution < 1.29 is 9.94 Å². The highest BCUT2D eigenvalue weighted by atomic mass is 16.7. The largest absolute Gasteiger partial charge is 0.501 e. The summed E-state index contributed by atoms with van der Waals surface area (Å²) in [5.74, 6) is -1.27. The van der Waals surface area contributed by atoms with Crippen molar-refractivity contribution in [3.05, 3.63) is 20.4 Å². The second-order valence-electron chi connectivity index (χ2n) is 1.65. The zero-order valence-corrected chi connectivity index (χ0v) is 5.12. The Bertz CT molecular complexity index is 382. The third-order valence-corrected chi connectivity index (χ3v) is 1.04. The number of aromatic hydroxyl groups is 1. The van der Waals surface area contributed by atoms with Gasteiger partial charge in [0.1, 0.15) is 0 Å². The van der Waals surface area contributed by atoms with Crippen LogP contribution in [0.25, 0.3) is 0 Å². The molecule has 0 saturated carbocycles. The zero-order valence-electron chi connectivity index (χ0n) is 5.12. The Hall–Kier alpha value is -2.03. The maximum Gasteiger partial charge on any atom is 0.278 e. The van der Waals surface area contributed by atoms with Crippen molar-refractivity contribution in [1.29, 1.82) is 5.26 Å². The first-order chi connectivity index (χ1) is 5.18. The molecule has 0 spiro atoms. The van der Waals surface area contributed by atoms with E-state index >= 15 is 0 Å². The van der Waals surface area contributed by atoms with Gasteiger partial charge in [0.25, 0.3) is 16.6 Å². The molecule has 0 unspecified atom stereocenters. The van der Waals surface area contributed by atoms with Crippen LogP contribution in [0.4, 0.5) is 0 Å². The molecule has 0 aromatic heterocycles. The smallest absolute Gasteiger partial charge is 0.278 e. The van der Waals surface area contributed by atoms with Gasteiger partial charge >= 0.3 is 0 Å². The molecule has 0 aliphatic carbocycles. The van der Waals surface area contributed by atoms with Crippen molar-refractivity contribution in [1.82, 2.24) is 5.48 Å². The number of nitrogens with one attached hydrogen (secondary N) is 1. The van der Waals surface area contributed by atoms with Crippen molar-refractivity contribution in [2.24, 2.45) is 0 Å². The first-order valence-electron chi connectivity index (χ1n) is 2.51. The Kier molecular flexibility index (Phi) is 1.48. The fraction of sp³-hybridized carbons (Fsp3) is 0. The van der Waals surface area contributed by atoms with Gasteiger partial charge in [-0.05, 0) is 0 Å². The van der Waals surface area contributed by atoms with Crippen LogP contribution in [-0.4, -0.2) is 5.11 Å².